The lowest BCUT2D eigenvalue weighted by molar-refractivity contribution is 0.388. The van der Waals surface area contributed by atoms with E-state index in [1.54, 1.807) is 0 Å². The van der Waals surface area contributed by atoms with Crippen molar-refractivity contribution in [3.8, 4) is 0 Å². The molecule has 2 heterocycles. The van der Waals surface area contributed by atoms with Crippen LogP contribution in [-0.2, 0) is 6.54 Å². The molecule has 1 saturated heterocycles. The highest BCUT2D eigenvalue weighted by Crippen LogP contribution is 2.46. The minimum Gasteiger partial charge on any atom is -0.271 e. The highest BCUT2D eigenvalue weighted by molar-refractivity contribution is 8.00. The molecule has 0 aromatic carbocycles. The average molecular weight is 255 g/mol. The summed E-state index contributed by atoms with van der Waals surface area (Å²) in [6, 6.07) is 0.122. The zero-order valence-corrected chi connectivity index (χ0v) is 11.3. The van der Waals surface area contributed by atoms with E-state index in [4.69, 9.17) is 5.84 Å². The fraction of sp³-hybridized carbons (Fsp3) is 0.818. The topological polar surface area (TPSA) is 68.8 Å². The van der Waals surface area contributed by atoms with Crippen LogP contribution >= 0.6 is 11.8 Å². The molecule has 1 aromatic heterocycles. The molecular weight excluding hydrogens is 234 g/mol. The SMILES string of the molecule is CCCn1nncc1C(NN)C1(C)CCCS1. The zero-order valence-electron chi connectivity index (χ0n) is 10.5. The number of thioether (sulfide) groups is 1. The van der Waals surface area contributed by atoms with E-state index in [1.165, 1.54) is 18.6 Å². The van der Waals surface area contributed by atoms with E-state index < -0.39 is 0 Å². The van der Waals surface area contributed by atoms with Gasteiger partial charge in [0.25, 0.3) is 0 Å². The molecule has 17 heavy (non-hydrogen) atoms. The molecule has 1 aliphatic heterocycles. The highest BCUT2D eigenvalue weighted by Gasteiger charge is 2.40. The molecular formula is C11H21N5S. The molecule has 1 aromatic rings. The van der Waals surface area contributed by atoms with Crippen LogP contribution in [0, 0.1) is 0 Å². The maximum atomic E-state index is 5.76. The monoisotopic (exact) mass is 255 g/mol. The van der Waals surface area contributed by atoms with Crippen LogP contribution in [0.15, 0.2) is 6.20 Å². The predicted molar refractivity (Wildman–Crippen MR) is 70.5 cm³/mol. The second-order valence-electron chi connectivity index (χ2n) is 4.75. The largest absolute Gasteiger partial charge is 0.271 e. The number of rotatable bonds is 5. The second-order valence-corrected chi connectivity index (χ2v) is 6.38. The van der Waals surface area contributed by atoms with E-state index in [0.717, 1.165) is 18.7 Å². The quantitative estimate of drug-likeness (QED) is 0.616. The van der Waals surface area contributed by atoms with Crippen molar-refractivity contribution in [1.82, 2.24) is 20.4 Å². The Labute approximate surface area is 106 Å². The third-order valence-corrected chi connectivity index (χ3v) is 5.00. The van der Waals surface area contributed by atoms with Crippen molar-refractivity contribution in [2.45, 2.75) is 50.4 Å². The van der Waals surface area contributed by atoms with Gasteiger partial charge in [-0.15, -0.1) is 5.10 Å². The van der Waals surface area contributed by atoms with Gasteiger partial charge in [0.2, 0.25) is 0 Å². The first-order valence-electron chi connectivity index (χ1n) is 6.19. The van der Waals surface area contributed by atoms with Crippen LogP contribution in [0.4, 0.5) is 0 Å². The number of nitrogens with two attached hydrogens (primary N) is 1. The Hall–Kier alpha value is -0.590. The smallest absolute Gasteiger partial charge is 0.0789 e. The van der Waals surface area contributed by atoms with Crippen LogP contribution in [0.3, 0.4) is 0 Å². The third-order valence-electron chi connectivity index (χ3n) is 3.41. The van der Waals surface area contributed by atoms with Crippen molar-refractivity contribution >= 4 is 11.8 Å². The van der Waals surface area contributed by atoms with Gasteiger partial charge in [-0.1, -0.05) is 12.1 Å². The van der Waals surface area contributed by atoms with Crippen LogP contribution in [0.25, 0.3) is 0 Å². The Morgan fingerprint density at radius 3 is 3.12 bits per heavy atom. The maximum absolute atomic E-state index is 5.76. The lowest BCUT2D eigenvalue weighted by Gasteiger charge is -2.32. The van der Waals surface area contributed by atoms with Gasteiger partial charge in [-0.25, -0.2) is 10.1 Å². The van der Waals surface area contributed by atoms with Gasteiger partial charge in [0.15, 0.2) is 0 Å². The van der Waals surface area contributed by atoms with Crippen LogP contribution in [0.1, 0.15) is 44.8 Å². The normalized spacial score (nSPS) is 26.3. The Bertz CT molecular complexity index is 358. The average Bonchev–Trinajstić information content (AvgIpc) is 2.91. The van der Waals surface area contributed by atoms with E-state index in [2.05, 4.69) is 29.6 Å². The number of aromatic nitrogens is 3. The molecule has 0 amide bonds. The van der Waals surface area contributed by atoms with E-state index in [9.17, 15) is 0 Å². The molecule has 2 unspecified atom stereocenters. The summed E-state index contributed by atoms with van der Waals surface area (Å²) in [7, 11) is 0. The molecule has 2 atom stereocenters. The first kappa shape index (κ1) is 12.9. The Morgan fingerprint density at radius 1 is 1.71 bits per heavy atom. The van der Waals surface area contributed by atoms with Gasteiger partial charge < -0.3 is 0 Å². The number of nitrogens with zero attached hydrogens (tertiary/aromatic N) is 3. The van der Waals surface area contributed by atoms with Crippen LogP contribution in [0.2, 0.25) is 0 Å². The fourth-order valence-electron chi connectivity index (χ4n) is 2.48. The molecule has 0 spiro atoms. The first-order chi connectivity index (χ1) is 8.21. The van der Waals surface area contributed by atoms with Crippen LogP contribution < -0.4 is 11.3 Å². The summed E-state index contributed by atoms with van der Waals surface area (Å²) in [6.07, 6.45) is 5.33. The van der Waals surface area contributed by atoms with Crippen LogP contribution in [0.5, 0.6) is 0 Å². The molecule has 1 aliphatic rings. The standard InChI is InChI=1S/C11H21N5S/c1-3-6-16-9(8-13-15-16)10(14-12)11(2)5-4-7-17-11/h8,10,14H,3-7,12H2,1-2H3. The lowest BCUT2D eigenvalue weighted by Crippen LogP contribution is -2.42. The van der Waals surface area contributed by atoms with Crippen molar-refractivity contribution < 1.29 is 0 Å². The zero-order chi connectivity index (χ0) is 12.3. The summed E-state index contributed by atoms with van der Waals surface area (Å²) in [5.74, 6) is 6.97. The van der Waals surface area contributed by atoms with Crippen molar-refractivity contribution in [2.24, 2.45) is 5.84 Å². The summed E-state index contributed by atoms with van der Waals surface area (Å²) in [5.41, 5.74) is 4.07. The summed E-state index contributed by atoms with van der Waals surface area (Å²) in [5, 5.41) is 8.16. The van der Waals surface area contributed by atoms with Gasteiger partial charge in [0.05, 0.1) is 17.9 Å². The molecule has 1 fully saturated rings. The molecule has 0 radical (unpaired) electrons. The minimum atomic E-state index is 0.122. The van der Waals surface area contributed by atoms with Gasteiger partial charge >= 0.3 is 0 Å². The third kappa shape index (κ3) is 2.48. The number of hydrogen-bond acceptors (Lipinski definition) is 5. The van der Waals surface area contributed by atoms with E-state index >= 15 is 0 Å². The van der Waals surface area contributed by atoms with Gasteiger partial charge in [0, 0.05) is 11.3 Å². The van der Waals surface area contributed by atoms with Gasteiger partial charge in [-0.3, -0.25) is 5.84 Å². The summed E-state index contributed by atoms with van der Waals surface area (Å²) in [6.45, 7) is 5.31. The summed E-state index contributed by atoms with van der Waals surface area (Å²) in [4.78, 5) is 0. The van der Waals surface area contributed by atoms with E-state index in [0.29, 0.717) is 0 Å². The van der Waals surface area contributed by atoms with E-state index in [-0.39, 0.29) is 10.8 Å². The number of hydrazine groups is 1. The van der Waals surface area contributed by atoms with Crippen molar-refractivity contribution in [2.75, 3.05) is 5.75 Å². The fourth-order valence-corrected chi connectivity index (χ4v) is 3.88. The molecule has 0 saturated carbocycles. The van der Waals surface area contributed by atoms with Gasteiger partial charge in [-0.2, -0.15) is 11.8 Å². The van der Waals surface area contributed by atoms with Crippen molar-refractivity contribution in [3.63, 3.8) is 0 Å². The minimum absolute atomic E-state index is 0.122. The molecule has 2 rings (SSSR count). The molecule has 5 nitrogen and oxygen atoms in total. The molecule has 0 aliphatic carbocycles. The Kier molecular flexibility index (Phi) is 4.06. The van der Waals surface area contributed by atoms with Gasteiger partial charge in [-0.05, 0) is 31.9 Å². The Balaban J connectivity index is 2.25. The second kappa shape index (κ2) is 5.37. The first-order valence-corrected chi connectivity index (χ1v) is 7.18. The molecule has 6 heteroatoms. The van der Waals surface area contributed by atoms with E-state index in [1.807, 2.05) is 22.6 Å². The molecule has 96 valence electrons. The summed E-state index contributed by atoms with van der Waals surface area (Å²) < 4.78 is 2.12. The van der Waals surface area contributed by atoms with Gasteiger partial charge in [0.1, 0.15) is 0 Å². The Morgan fingerprint density at radius 2 is 2.53 bits per heavy atom. The lowest BCUT2D eigenvalue weighted by atomic mass is 9.94. The number of aryl methyl sites for hydroxylation is 1. The molecule has 0 bridgehead atoms. The van der Waals surface area contributed by atoms with Crippen LogP contribution in [-0.4, -0.2) is 25.5 Å². The highest BCUT2D eigenvalue weighted by atomic mass is 32.2. The summed E-state index contributed by atoms with van der Waals surface area (Å²) >= 11 is 1.99. The number of nitrogens with one attached hydrogen (secondary N) is 1. The van der Waals surface area contributed by atoms with Crippen molar-refractivity contribution in [1.29, 1.82) is 0 Å². The van der Waals surface area contributed by atoms with Crippen molar-refractivity contribution in [3.05, 3.63) is 11.9 Å². The predicted octanol–water partition coefficient (Wildman–Crippen LogP) is 1.48. The maximum Gasteiger partial charge on any atom is 0.0789 e. The molecule has 3 N–H and O–H groups in total. The number of hydrogen-bond donors (Lipinski definition) is 2.